The average molecular weight is 456 g/mol. The van der Waals surface area contributed by atoms with E-state index in [0.29, 0.717) is 23.0 Å². The second-order valence-corrected chi connectivity index (χ2v) is 8.97. The van der Waals surface area contributed by atoms with Crippen LogP contribution in [0.25, 0.3) is 22.6 Å². The maximum Gasteiger partial charge on any atom is 0.238 e. The molecule has 0 atom stereocenters. The van der Waals surface area contributed by atoms with Crippen LogP contribution in [0, 0.1) is 0 Å². The molecule has 1 aliphatic heterocycles. The molecule has 0 radical (unpaired) electrons. The molecule has 2 aromatic carbocycles. The summed E-state index contributed by atoms with van der Waals surface area (Å²) in [6, 6.07) is 12.9. The number of hydrogen-bond donors (Lipinski definition) is 1. The standard InChI is InChI=1S/C24H30ClN5O2/c1-28(2)10-3-11-29-12-14-30(15-13-29)17-23(31)26-20-7-4-18(5-8-20)24-27-21-16-19(25)6-9-22(21)32-24/h4-9,16H,3,10-15,17H2,1-2H3,(H,26,31). The molecular weight excluding hydrogens is 426 g/mol. The molecule has 1 saturated heterocycles. The summed E-state index contributed by atoms with van der Waals surface area (Å²) < 4.78 is 5.81. The Morgan fingerprint density at radius 1 is 1.09 bits per heavy atom. The second-order valence-electron chi connectivity index (χ2n) is 8.53. The van der Waals surface area contributed by atoms with Gasteiger partial charge in [0.05, 0.1) is 6.54 Å². The van der Waals surface area contributed by atoms with Gasteiger partial charge in [0.2, 0.25) is 11.8 Å². The fourth-order valence-electron chi connectivity index (χ4n) is 3.91. The van der Waals surface area contributed by atoms with Gasteiger partial charge in [0.15, 0.2) is 5.58 Å². The third-order valence-electron chi connectivity index (χ3n) is 5.68. The lowest BCUT2D eigenvalue weighted by molar-refractivity contribution is -0.117. The lowest BCUT2D eigenvalue weighted by Gasteiger charge is -2.34. The molecule has 1 N–H and O–H groups in total. The van der Waals surface area contributed by atoms with Gasteiger partial charge in [0.1, 0.15) is 5.52 Å². The molecular formula is C24H30ClN5O2. The number of piperazine rings is 1. The number of carbonyl (C=O) groups is 1. The van der Waals surface area contributed by atoms with Gasteiger partial charge >= 0.3 is 0 Å². The van der Waals surface area contributed by atoms with Gasteiger partial charge in [-0.2, -0.15) is 0 Å². The highest BCUT2D eigenvalue weighted by molar-refractivity contribution is 6.31. The van der Waals surface area contributed by atoms with E-state index in [4.69, 9.17) is 16.0 Å². The van der Waals surface area contributed by atoms with E-state index in [9.17, 15) is 4.79 Å². The summed E-state index contributed by atoms with van der Waals surface area (Å²) in [5, 5.41) is 3.62. The molecule has 0 unspecified atom stereocenters. The molecule has 1 amide bonds. The number of rotatable bonds is 8. The van der Waals surface area contributed by atoms with Gasteiger partial charge < -0.3 is 19.5 Å². The van der Waals surface area contributed by atoms with Crippen LogP contribution in [0.4, 0.5) is 5.69 Å². The van der Waals surface area contributed by atoms with Gasteiger partial charge in [0, 0.05) is 42.5 Å². The van der Waals surface area contributed by atoms with E-state index in [1.807, 2.05) is 30.3 Å². The first kappa shape index (κ1) is 22.7. The predicted molar refractivity (Wildman–Crippen MR) is 129 cm³/mol. The zero-order valence-electron chi connectivity index (χ0n) is 18.7. The fourth-order valence-corrected chi connectivity index (χ4v) is 4.07. The minimum atomic E-state index is 0.00955. The number of nitrogens with one attached hydrogen (secondary N) is 1. The quantitative estimate of drug-likeness (QED) is 0.559. The minimum absolute atomic E-state index is 0.00955. The van der Waals surface area contributed by atoms with Gasteiger partial charge in [-0.25, -0.2) is 4.98 Å². The van der Waals surface area contributed by atoms with Crippen molar-refractivity contribution in [3.05, 3.63) is 47.5 Å². The Hall–Kier alpha value is -2.45. The smallest absolute Gasteiger partial charge is 0.238 e. The predicted octanol–water partition coefficient (Wildman–Crippen LogP) is 3.66. The van der Waals surface area contributed by atoms with E-state index in [0.717, 1.165) is 56.0 Å². The Balaban J connectivity index is 1.25. The van der Waals surface area contributed by atoms with Crippen LogP contribution in [0.1, 0.15) is 6.42 Å². The van der Waals surface area contributed by atoms with Crippen molar-refractivity contribution in [2.45, 2.75) is 6.42 Å². The van der Waals surface area contributed by atoms with E-state index in [-0.39, 0.29) is 5.91 Å². The first-order valence-corrected chi connectivity index (χ1v) is 11.4. The number of benzene rings is 2. The van der Waals surface area contributed by atoms with E-state index >= 15 is 0 Å². The molecule has 1 aromatic heterocycles. The Kier molecular flexibility index (Phi) is 7.42. The van der Waals surface area contributed by atoms with Crippen LogP contribution in [0.2, 0.25) is 5.02 Å². The van der Waals surface area contributed by atoms with Crippen molar-refractivity contribution in [1.29, 1.82) is 0 Å². The fraction of sp³-hybridized carbons (Fsp3) is 0.417. The van der Waals surface area contributed by atoms with Crippen LogP contribution >= 0.6 is 11.6 Å². The highest BCUT2D eigenvalue weighted by Gasteiger charge is 2.19. The molecule has 2 heterocycles. The van der Waals surface area contributed by atoms with Crippen molar-refractivity contribution in [2.75, 3.05) is 65.2 Å². The summed E-state index contributed by atoms with van der Waals surface area (Å²) >= 11 is 6.02. The molecule has 0 bridgehead atoms. The van der Waals surface area contributed by atoms with E-state index < -0.39 is 0 Å². The van der Waals surface area contributed by atoms with Gasteiger partial charge in [-0.1, -0.05) is 11.6 Å². The number of anilines is 1. The Morgan fingerprint density at radius 2 is 1.81 bits per heavy atom. The summed E-state index contributed by atoms with van der Waals surface area (Å²) in [7, 11) is 4.21. The summed E-state index contributed by atoms with van der Waals surface area (Å²) in [6.07, 6.45) is 1.18. The summed E-state index contributed by atoms with van der Waals surface area (Å²) in [5.41, 5.74) is 3.03. The molecule has 32 heavy (non-hydrogen) atoms. The molecule has 3 aromatic rings. The first-order chi connectivity index (χ1) is 15.5. The Morgan fingerprint density at radius 3 is 2.53 bits per heavy atom. The number of amides is 1. The van der Waals surface area contributed by atoms with Crippen LogP contribution in [0.15, 0.2) is 46.9 Å². The van der Waals surface area contributed by atoms with Gasteiger partial charge in [-0.3, -0.25) is 9.69 Å². The second kappa shape index (κ2) is 10.4. The monoisotopic (exact) mass is 455 g/mol. The van der Waals surface area contributed by atoms with Gasteiger partial charge in [-0.15, -0.1) is 0 Å². The zero-order valence-corrected chi connectivity index (χ0v) is 19.4. The minimum Gasteiger partial charge on any atom is -0.436 e. The normalized spacial score (nSPS) is 15.5. The van der Waals surface area contributed by atoms with Crippen molar-refractivity contribution < 1.29 is 9.21 Å². The maximum atomic E-state index is 12.5. The number of carbonyl (C=O) groups excluding carboxylic acids is 1. The highest BCUT2D eigenvalue weighted by Crippen LogP contribution is 2.27. The molecule has 1 fully saturated rings. The van der Waals surface area contributed by atoms with Crippen molar-refractivity contribution in [2.24, 2.45) is 0 Å². The first-order valence-electron chi connectivity index (χ1n) is 11.0. The number of halogens is 1. The summed E-state index contributed by atoms with van der Waals surface area (Å²) in [6.45, 7) is 6.54. The maximum absolute atomic E-state index is 12.5. The molecule has 0 aliphatic carbocycles. The number of fused-ring (bicyclic) bond motifs is 1. The molecule has 1 aliphatic rings. The molecule has 4 rings (SSSR count). The lowest BCUT2D eigenvalue weighted by atomic mass is 10.2. The zero-order chi connectivity index (χ0) is 22.5. The third kappa shape index (κ3) is 6.07. The van der Waals surface area contributed by atoms with E-state index in [2.05, 4.69) is 39.1 Å². The van der Waals surface area contributed by atoms with Crippen LogP contribution in [0.3, 0.4) is 0 Å². The summed E-state index contributed by atoms with van der Waals surface area (Å²) in [4.78, 5) is 23.9. The molecule has 170 valence electrons. The van der Waals surface area contributed by atoms with Crippen molar-refractivity contribution in [3.63, 3.8) is 0 Å². The van der Waals surface area contributed by atoms with E-state index in [1.54, 1.807) is 12.1 Å². The SMILES string of the molecule is CN(C)CCCN1CCN(CC(=O)Nc2ccc(-c3nc4cc(Cl)ccc4o3)cc2)CC1. The number of oxazole rings is 1. The van der Waals surface area contributed by atoms with Crippen molar-refractivity contribution in [3.8, 4) is 11.5 Å². The lowest BCUT2D eigenvalue weighted by Crippen LogP contribution is -2.48. The average Bonchev–Trinajstić information content (AvgIpc) is 3.18. The number of nitrogens with zero attached hydrogens (tertiary/aromatic N) is 4. The van der Waals surface area contributed by atoms with Gasteiger partial charge in [0.25, 0.3) is 0 Å². The Labute approximate surface area is 193 Å². The molecule has 7 nitrogen and oxygen atoms in total. The Bertz CT molecular complexity index is 1040. The van der Waals surface area contributed by atoms with Gasteiger partial charge in [-0.05, 0) is 76.1 Å². The summed E-state index contributed by atoms with van der Waals surface area (Å²) in [5.74, 6) is 0.541. The van der Waals surface area contributed by atoms with Crippen LogP contribution in [-0.4, -0.2) is 85.5 Å². The topological polar surface area (TPSA) is 64.8 Å². The number of aromatic nitrogens is 1. The third-order valence-corrected chi connectivity index (χ3v) is 5.91. The van der Waals surface area contributed by atoms with Crippen molar-refractivity contribution >= 4 is 34.3 Å². The molecule has 0 spiro atoms. The largest absolute Gasteiger partial charge is 0.436 e. The van der Waals surface area contributed by atoms with Crippen molar-refractivity contribution in [1.82, 2.24) is 19.7 Å². The van der Waals surface area contributed by atoms with E-state index in [1.165, 1.54) is 6.42 Å². The molecule has 0 saturated carbocycles. The number of hydrogen-bond acceptors (Lipinski definition) is 6. The highest BCUT2D eigenvalue weighted by atomic mass is 35.5. The van der Waals surface area contributed by atoms with Crippen LogP contribution < -0.4 is 5.32 Å². The molecule has 8 heteroatoms. The van der Waals surface area contributed by atoms with Crippen LogP contribution in [0.5, 0.6) is 0 Å². The van der Waals surface area contributed by atoms with Crippen LogP contribution in [-0.2, 0) is 4.79 Å².